The van der Waals surface area contributed by atoms with Crippen molar-refractivity contribution < 1.29 is 4.39 Å². The van der Waals surface area contributed by atoms with E-state index in [4.69, 9.17) is 0 Å². The van der Waals surface area contributed by atoms with Gasteiger partial charge in [0.25, 0.3) is 0 Å². The first kappa shape index (κ1) is 18.1. The fourth-order valence-electron chi connectivity index (χ4n) is 3.88. The molecule has 1 nitrogen and oxygen atoms in total. The van der Waals surface area contributed by atoms with Crippen LogP contribution in [-0.2, 0) is 13.0 Å². The molecule has 3 rings (SSSR count). The Hall–Kier alpha value is -1.67. The maximum absolute atomic E-state index is 13.4. The van der Waals surface area contributed by atoms with Crippen LogP contribution in [0.2, 0.25) is 0 Å². The van der Waals surface area contributed by atoms with Crippen molar-refractivity contribution in [1.29, 1.82) is 0 Å². The van der Waals surface area contributed by atoms with Gasteiger partial charge in [-0.3, -0.25) is 4.90 Å². The van der Waals surface area contributed by atoms with Gasteiger partial charge in [-0.1, -0.05) is 61.5 Å². The first-order valence-electron chi connectivity index (χ1n) is 9.73. The minimum atomic E-state index is -0.589. The van der Waals surface area contributed by atoms with Crippen LogP contribution in [-0.4, -0.2) is 24.2 Å². The first-order chi connectivity index (χ1) is 12.2. The number of alkyl halides is 1. The Balaban J connectivity index is 1.44. The maximum atomic E-state index is 13.4. The van der Waals surface area contributed by atoms with E-state index in [1.54, 1.807) is 0 Å². The Morgan fingerprint density at radius 2 is 1.72 bits per heavy atom. The highest BCUT2D eigenvalue weighted by atomic mass is 19.1. The van der Waals surface area contributed by atoms with Crippen LogP contribution < -0.4 is 0 Å². The molecule has 0 bridgehead atoms. The topological polar surface area (TPSA) is 3.24 Å². The van der Waals surface area contributed by atoms with E-state index in [1.165, 1.54) is 23.1 Å². The molecule has 0 aromatic heterocycles. The Labute approximate surface area is 151 Å². The largest absolute Gasteiger partial charge is 0.299 e. The van der Waals surface area contributed by atoms with Crippen molar-refractivity contribution in [2.24, 2.45) is 0 Å². The summed E-state index contributed by atoms with van der Waals surface area (Å²) in [5.74, 6) is 0.436. The van der Waals surface area contributed by atoms with E-state index < -0.39 is 6.17 Å². The Morgan fingerprint density at radius 1 is 0.960 bits per heavy atom. The average Bonchev–Trinajstić information content (AvgIpc) is 3.09. The molecular formula is C23H30FN. The second-order valence-corrected chi connectivity index (χ2v) is 7.31. The zero-order valence-electron chi connectivity index (χ0n) is 15.3. The standard InChI is InChI=1S/C23H30FN/c1-2-25(18-20-7-4-3-5-8-20)16-6-9-19-10-12-21(13-11-19)22-14-15-23(24)17-22/h3-5,7-8,10-13,22-23H,2,6,9,14-18H2,1H3. The van der Waals surface area contributed by atoms with Gasteiger partial charge in [-0.2, -0.15) is 0 Å². The van der Waals surface area contributed by atoms with Gasteiger partial charge < -0.3 is 0 Å². The molecule has 0 radical (unpaired) electrons. The van der Waals surface area contributed by atoms with Crippen LogP contribution in [0.4, 0.5) is 4.39 Å². The molecule has 0 amide bonds. The van der Waals surface area contributed by atoms with Gasteiger partial charge in [-0.05, 0) is 67.8 Å². The van der Waals surface area contributed by atoms with Crippen LogP contribution in [0, 0.1) is 0 Å². The molecule has 2 atom stereocenters. The lowest BCUT2D eigenvalue weighted by molar-refractivity contribution is 0.276. The normalized spacial score (nSPS) is 20.3. The molecule has 0 heterocycles. The highest BCUT2D eigenvalue weighted by Gasteiger charge is 2.25. The first-order valence-corrected chi connectivity index (χ1v) is 9.73. The van der Waals surface area contributed by atoms with Crippen molar-refractivity contribution >= 4 is 0 Å². The molecule has 0 N–H and O–H groups in total. The molecule has 1 fully saturated rings. The van der Waals surface area contributed by atoms with Crippen LogP contribution in [0.3, 0.4) is 0 Å². The fourth-order valence-corrected chi connectivity index (χ4v) is 3.88. The number of nitrogens with zero attached hydrogens (tertiary/aromatic N) is 1. The molecule has 2 unspecified atom stereocenters. The number of halogens is 1. The lowest BCUT2D eigenvalue weighted by Crippen LogP contribution is -2.24. The highest BCUT2D eigenvalue weighted by molar-refractivity contribution is 5.26. The van der Waals surface area contributed by atoms with Gasteiger partial charge in [-0.25, -0.2) is 4.39 Å². The monoisotopic (exact) mass is 339 g/mol. The number of hydrogen-bond acceptors (Lipinski definition) is 1. The van der Waals surface area contributed by atoms with Gasteiger partial charge in [0, 0.05) is 6.54 Å². The molecule has 0 spiro atoms. The minimum Gasteiger partial charge on any atom is -0.299 e. The molecule has 25 heavy (non-hydrogen) atoms. The Morgan fingerprint density at radius 3 is 2.36 bits per heavy atom. The summed E-state index contributed by atoms with van der Waals surface area (Å²) in [5.41, 5.74) is 4.11. The molecule has 2 heteroatoms. The molecule has 2 aromatic carbocycles. The van der Waals surface area contributed by atoms with Gasteiger partial charge in [0.2, 0.25) is 0 Å². The molecule has 0 saturated heterocycles. The van der Waals surface area contributed by atoms with Crippen molar-refractivity contribution in [2.45, 2.75) is 57.7 Å². The zero-order valence-corrected chi connectivity index (χ0v) is 15.3. The summed E-state index contributed by atoms with van der Waals surface area (Å²) in [4.78, 5) is 2.50. The second kappa shape index (κ2) is 9.15. The van der Waals surface area contributed by atoms with Crippen LogP contribution in [0.25, 0.3) is 0 Å². The molecule has 1 saturated carbocycles. The maximum Gasteiger partial charge on any atom is 0.101 e. The summed E-state index contributed by atoms with van der Waals surface area (Å²) in [6.45, 7) is 5.47. The second-order valence-electron chi connectivity index (χ2n) is 7.31. The van der Waals surface area contributed by atoms with Gasteiger partial charge >= 0.3 is 0 Å². The predicted octanol–water partition coefficient (Wildman–Crippen LogP) is 5.75. The molecular weight excluding hydrogens is 309 g/mol. The summed E-state index contributed by atoms with van der Waals surface area (Å²) in [5, 5.41) is 0. The zero-order chi connectivity index (χ0) is 17.5. The van der Waals surface area contributed by atoms with Crippen molar-refractivity contribution in [3.63, 3.8) is 0 Å². The van der Waals surface area contributed by atoms with Crippen molar-refractivity contribution in [3.05, 3.63) is 71.3 Å². The Bertz CT molecular complexity index is 622. The molecule has 1 aliphatic rings. The predicted molar refractivity (Wildman–Crippen MR) is 104 cm³/mol. The molecule has 1 aliphatic carbocycles. The summed E-state index contributed by atoms with van der Waals surface area (Å²) >= 11 is 0. The lowest BCUT2D eigenvalue weighted by atomic mass is 9.96. The summed E-state index contributed by atoms with van der Waals surface area (Å²) < 4.78 is 13.4. The van der Waals surface area contributed by atoms with E-state index >= 15 is 0 Å². The summed E-state index contributed by atoms with van der Waals surface area (Å²) in [7, 11) is 0. The van der Waals surface area contributed by atoms with E-state index in [0.29, 0.717) is 12.3 Å². The number of rotatable bonds is 8. The van der Waals surface area contributed by atoms with E-state index in [-0.39, 0.29) is 0 Å². The molecule has 134 valence electrons. The smallest absolute Gasteiger partial charge is 0.101 e. The van der Waals surface area contributed by atoms with Crippen molar-refractivity contribution in [2.75, 3.05) is 13.1 Å². The third-order valence-corrected chi connectivity index (χ3v) is 5.46. The van der Waals surface area contributed by atoms with Crippen LogP contribution >= 0.6 is 0 Å². The van der Waals surface area contributed by atoms with Crippen LogP contribution in [0.5, 0.6) is 0 Å². The van der Waals surface area contributed by atoms with E-state index in [9.17, 15) is 4.39 Å². The van der Waals surface area contributed by atoms with Gasteiger partial charge in [0.15, 0.2) is 0 Å². The number of aryl methyl sites for hydroxylation is 1. The van der Waals surface area contributed by atoms with Crippen LogP contribution in [0.1, 0.15) is 55.2 Å². The molecule has 0 aliphatic heterocycles. The van der Waals surface area contributed by atoms with Gasteiger partial charge in [0.1, 0.15) is 6.17 Å². The van der Waals surface area contributed by atoms with Crippen molar-refractivity contribution in [3.8, 4) is 0 Å². The lowest BCUT2D eigenvalue weighted by Gasteiger charge is -2.20. The highest BCUT2D eigenvalue weighted by Crippen LogP contribution is 2.36. The third kappa shape index (κ3) is 5.40. The Kier molecular flexibility index (Phi) is 6.63. The van der Waals surface area contributed by atoms with E-state index in [0.717, 1.165) is 38.9 Å². The molecule has 2 aromatic rings. The van der Waals surface area contributed by atoms with Crippen molar-refractivity contribution in [1.82, 2.24) is 4.90 Å². The van der Waals surface area contributed by atoms with E-state index in [1.807, 2.05) is 0 Å². The number of hydrogen-bond donors (Lipinski definition) is 0. The summed E-state index contributed by atoms with van der Waals surface area (Å²) in [6.07, 6.45) is 4.16. The summed E-state index contributed by atoms with van der Waals surface area (Å²) in [6, 6.07) is 19.6. The third-order valence-electron chi connectivity index (χ3n) is 5.46. The van der Waals surface area contributed by atoms with Gasteiger partial charge in [0.05, 0.1) is 0 Å². The van der Waals surface area contributed by atoms with Gasteiger partial charge in [-0.15, -0.1) is 0 Å². The number of benzene rings is 2. The van der Waals surface area contributed by atoms with Crippen LogP contribution in [0.15, 0.2) is 54.6 Å². The van der Waals surface area contributed by atoms with E-state index in [2.05, 4.69) is 66.4 Å². The SMILES string of the molecule is CCN(CCCc1ccc(C2CCC(F)C2)cc1)Cc1ccccc1. The minimum absolute atomic E-state index is 0.436. The average molecular weight is 339 g/mol. The quantitative estimate of drug-likeness (QED) is 0.592. The fraction of sp³-hybridized carbons (Fsp3) is 0.478.